The van der Waals surface area contributed by atoms with E-state index in [2.05, 4.69) is 10.4 Å². The molecule has 1 aromatic heterocycles. The standard InChI is InChI=1S/C15H18FN3O/c16-13-5-3-11(4-6-13)14-7-8-17-15-12(2-1-9-20)10-18-19(14)15/h3-6,10,14,17,20H,1-2,7-9H2. The van der Waals surface area contributed by atoms with Gasteiger partial charge in [-0.1, -0.05) is 12.1 Å². The summed E-state index contributed by atoms with van der Waals surface area (Å²) in [7, 11) is 0. The molecule has 2 heterocycles. The first-order chi connectivity index (χ1) is 9.79. The van der Waals surface area contributed by atoms with E-state index < -0.39 is 0 Å². The average molecular weight is 275 g/mol. The summed E-state index contributed by atoms with van der Waals surface area (Å²) >= 11 is 0. The van der Waals surface area contributed by atoms with E-state index in [1.165, 1.54) is 12.1 Å². The summed E-state index contributed by atoms with van der Waals surface area (Å²) in [5.41, 5.74) is 2.21. The first kappa shape index (κ1) is 13.1. The minimum absolute atomic E-state index is 0.148. The molecule has 0 bridgehead atoms. The topological polar surface area (TPSA) is 50.1 Å². The van der Waals surface area contributed by atoms with Crippen LogP contribution in [0.5, 0.6) is 0 Å². The van der Waals surface area contributed by atoms with E-state index in [9.17, 15) is 4.39 Å². The molecule has 0 fully saturated rings. The van der Waals surface area contributed by atoms with E-state index in [-0.39, 0.29) is 18.5 Å². The van der Waals surface area contributed by atoms with Crippen LogP contribution < -0.4 is 5.32 Å². The van der Waals surface area contributed by atoms with Gasteiger partial charge in [0.2, 0.25) is 0 Å². The Morgan fingerprint density at radius 2 is 2.15 bits per heavy atom. The van der Waals surface area contributed by atoms with E-state index in [0.29, 0.717) is 0 Å². The lowest BCUT2D eigenvalue weighted by molar-refractivity contribution is 0.288. The van der Waals surface area contributed by atoms with Crippen LogP contribution in [-0.2, 0) is 6.42 Å². The van der Waals surface area contributed by atoms with Gasteiger partial charge in [-0.2, -0.15) is 5.10 Å². The van der Waals surface area contributed by atoms with E-state index in [1.807, 2.05) is 23.0 Å². The van der Waals surface area contributed by atoms with E-state index in [4.69, 9.17) is 5.11 Å². The first-order valence-corrected chi connectivity index (χ1v) is 6.96. The maximum Gasteiger partial charge on any atom is 0.128 e. The van der Waals surface area contributed by atoms with E-state index in [1.54, 1.807) is 0 Å². The van der Waals surface area contributed by atoms with Crippen LogP contribution in [-0.4, -0.2) is 28.0 Å². The van der Waals surface area contributed by atoms with Crippen LogP contribution in [0, 0.1) is 5.82 Å². The normalized spacial score (nSPS) is 17.6. The summed E-state index contributed by atoms with van der Waals surface area (Å²) in [5.74, 6) is 0.811. The van der Waals surface area contributed by atoms with Crippen LogP contribution in [0.2, 0.25) is 0 Å². The van der Waals surface area contributed by atoms with Crippen LogP contribution >= 0.6 is 0 Å². The predicted molar refractivity (Wildman–Crippen MR) is 75.3 cm³/mol. The molecule has 3 rings (SSSR count). The van der Waals surface area contributed by atoms with Crippen molar-refractivity contribution >= 4 is 5.82 Å². The van der Waals surface area contributed by atoms with Crippen LogP contribution in [0.1, 0.15) is 30.0 Å². The Labute approximate surface area is 117 Å². The molecule has 0 amide bonds. The number of hydrogen-bond donors (Lipinski definition) is 2. The van der Waals surface area contributed by atoms with Gasteiger partial charge in [0, 0.05) is 18.7 Å². The van der Waals surface area contributed by atoms with E-state index in [0.717, 1.165) is 42.8 Å². The van der Waals surface area contributed by atoms with Crippen LogP contribution in [0.25, 0.3) is 0 Å². The highest BCUT2D eigenvalue weighted by atomic mass is 19.1. The van der Waals surface area contributed by atoms with Gasteiger partial charge in [0.15, 0.2) is 0 Å². The van der Waals surface area contributed by atoms with Crippen molar-refractivity contribution in [3.8, 4) is 0 Å². The van der Waals surface area contributed by atoms with E-state index >= 15 is 0 Å². The van der Waals surface area contributed by atoms with Crippen LogP contribution in [0.4, 0.5) is 10.2 Å². The number of aryl methyl sites for hydroxylation is 1. The number of nitrogens with zero attached hydrogens (tertiary/aromatic N) is 2. The minimum atomic E-state index is -0.216. The molecular weight excluding hydrogens is 257 g/mol. The van der Waals surface area contributed by atoms with Crippen molar-refractivity contribution in [3.05, 3.63) is 47.4 Å². The number of hydrogen-bond acceptors (Lipinski definition) is 3. The lowest BCUT2D eigenvalue weighted by Gasteiger charge is -2.26. The lowest BCUT2D eigenvalue weighted by Crippen LogP contribution is -2.24. The smallest absolute Gasteiger partial charge is 0.128 e. The Bertz CT molecular complexity index is 579. The summed E-state index contributed by atoms with van der Waals surface area (Å²) < 4.78 is 15.0. The van der Waals surface area contributed by atoms with Gasteiger partial charge in [-0.3, -0.25) is 0 Å². The third-order valence-electron chi connectivity index (χ3n) is 3.74. The van der Waals surface area contributed by atoms with Gasteiger partial charge < -0.3 is 10.4 Å². The van der Waals surface area contributed by atoms with Crippen molar-refractivity contribution in [2.75, 3.05) is 18.5 Å². The van der Waals surface area contributed by atoms with Crippen molar-refractivity contribution in [1.82, 2.24) is 9.78 Å². The molecule has 1 aliphatic heterocycles. The fraction of sp³-hybridized carbons (Fsp3) is 0.400. The first-order valence-electron chi connectivity index (χ1n) is 6.96. The molecule has 0 aliphatic carbocycles. The van der Waals surface area contributed by atoms with Gasteiger partial charge in [0.1, 0.15) is 11.6 Å². The third kappa shape index (κ3) is 2.41. The molecule has 0 saturated carbocycles. The number of aromatic nitrogens is 2. The molecule has 1 unspecified atom stereocenters. The summed E-state index contributed by atoms with van der Waals surface area (Å²) in [6.07, 6.45) is 4.34. The molecule has 0 saturated heterocycles. The van der Waals surface area contributed by atoms with Crippen molar-refractivity contribution in [3.63, 3.8) is 0 Å². The number of rotatable bonds is 4. The van der Waals surface area contributed by atoms with Gasteiger partial charge in [-0.05, 0) is 37.0 Å². The zero-order chi connectivity index (χ0) is 13.9. The SMILES string of the molecule is OCCCc1cnn2c1NCCC2c1ccc(F)cc1. The van der Waals surface area contributed by atoms with Crippen molar-refractivity contribution < 1.29 is 9.50 Å². The second kappa shape index (κ2) is 5.63. The molecule has 2 aromatic rings. The molecule has 1 aromatic carbocycles. The predicted octanol–water partition coefficient (Wildman–Crippen LogP) is 2.35. The molecule has 0 radical (unpaired) electrons. The van der Waals surface area contributed by atoms with Crippen molar-refractivity contribution in [2.24, 2.45) is 0 Å². The summed E-state index contributed by atoms with van der Waals surface area (Å²) in [5, 5.41) is 16.8. The second-order valence-corrected chi connectivity index (χ2v) is 5.07. The minimum Gasteiger partial charge on any atom is -0.396 e. The quantitative estimate of drug-likeness (QED) is 0.900. The lowest BCUT2D eigenvalue weighted by atomic mass is 10.0. The monoisotopic (exact) mass is 275 g/mol. The molecule has 4 nitrogen and oxygen atoms in total. The fourth-order valence-corrected chi connectivity index (χ4v) is 2.72. The zero-order valence-corrected chi connectivity index (χ0v) is 11.2. The Morgan fingerprint density at radius 1 is 1.35 bits per heavy atom. The van der Waals surface area contributed by atoms with Crippen molar-refractivity contribution in [2.45, 2.75) is 25.3 Å². The van der Waals surface area contributed by atoms with Gasteiger partial charge >= 0.3 is 0 Å². The second-order valence-electron chi connectivity index (χ2n) is 5.07. The molecule has 20 heavy (non-hydrogen) atoms. The number of anilines is 1. The van der Waals surface area contributed by atoms with Crippen LogP contribution in [0.3, 0.4) is 0 Å². The Kier molecular flexibility index (Phi) is 3.69. The molecule has 0 spiro atoms. The molecule has 1 atom stereocenters. The van der Waals surface area contributed by atoms with Gasteiger partial charge in [-0.25, -0.2) is 9.07 Å². The highest BCUT2D eigenvalue weighted by molar-refractivity contribution is 5.47. The average Bonchev–Trinajstić information content (AvgIpc) is 2.89. The van der Waals surface area contributed by atoms with Gasteiger partial charge in [0.25, 0.3) is 0 Å². The molecule has 2 N–H and O–H groups in total. The number of aliphatic hydroxyl groups excluding tert-OH is 1. The summed E-state index contributed by atoms with van der Waals surface area (Å²) in [6, 6.07) is 6.78. The largest absolute Gasteiger partial charge is 0.396 e. The van der Waals surface area contributed by atoms with Crippen LogP contribution in [0.15, 0.2) is 30.5 Å². The number of nitrogens with one attached hydrogen (secondary N) is 1. The summed E-state index contributed by atoms with van der Waals surface area (Å²) in [6.45, 7) is 1.06. The van der Waals surface area contributed by atoms with Gasteiger partial charge in [-0.15, -0.1) is 0 Å². The molecule has 1 aliphatic rings. The molecular formula is C15H18FN3O. The highest BCUT2D eigenvalue weighted by Crippen LogP contribution is 2.31. The van der Waals surface area contributed by atoms with Gasteiger partial charge in [0.05, 0.1) is 12.2 Å². The molecule has 5 heteroatoms. The Hall–Kier alpha value is -1.88. The number of benzene rings is 1. The number of fused-ring (bicyclic) bond motifs is 1. The number of aliphatic hydroxyl groups is 1. The maximum atomic E-state index is 13.0. The van der Waals surface area contributed by atoms with Crippen molar-refractivity contribution in [1.29, 1.82) is 0 Å². The molecule has 106 valence electrons. The Balaban J connectivity index is 1.90. The third-order valence-corrected chi connectivity index (χ3v) is 3.74. The number of halogens is 1. The maximum absolute atomic E-state index is 13.0. The zero-order valence-electron chi connectivity index (χ0n) is 11.2. The summed E-state index contributed by atoms with van der Waals surface area (Å²) in [4.78, 5) is 0. The highest BCUT2D eigenvalue weighted by Gasteiger charge is 2.24. The Morgan fingerprint density at radius 3 is 2.90 bits per heavy atom. The fourth-order valence-electron chi connectivity index (χ4n) is 2.72.